The van der Waals surface area contributed by atoms with Crippen molar-refractivity contribution in [2.75, 3.05) is 13.1 Å². The molecule has 3 rings (SSSR count). The van der Waals surface area contributed by atoms with Crippen molar-refractivity contribution in [2.24, 2.45) is 11.8 Å². The summed E-state index contributed by atoms with van der Waals surface area (Å²) in [5.74, 6) is 1.43. The van der Waals surface area contributed by atoms with Gasteiger partial charge in [0.1, 0.15) is 6.04 Å². The van der Waals surface area contributed by atoms with E-state index in [1.165, 1.54) is 38.5 Å². The van der Waals surface area contributed by atoms with Crippen molar-refractivity contribution < 1.29 is 9.59 Å². The summed E-state index contributed by atoms with van der Waals surface area (Å²) in [5, 5.41) is 3.01. The number of rotatable bonds is 4. The van der Waals surface area contributed by atoms with E-state index < -0.39 is 0 Å². The molecule has 0 aromatic rings. The third kappa shape index (κ3) is 3.58. The van der Waals surface area contributed by atoms with Gasteiger partial charge in [-0.2, -0.15) is 0 Å². The number of hydrogen-bond donors (Lipinski definition) is 1. The second kappa shape index (κ2) is 6.80. The summed E-state index contributed by atoms with van der Waals surface area (Å²) in [6, 6.07) is -0.248. The van der Waals surface area contributed by atoms with Crippen molar-refractivity contribution in [3.05, 3.63) is 0 Å². The third-order valence-corrected chi connectivity index (χ3v) is 5.66. The van der Waals surface area contributed by atoms with Crippen LogP contribution >= 0.6 is 0 Å². The van der Waals surface area contributed by atoms with Crippen LogP contribution in [-0.4, -0.2) is 35.8 Å². The lowest BCUT2D eigenvalue weighted by Gasteiger charge is -2.33. The first kappa shape index (κ1) is 14.9. The zero-order valence-electron chi connectivity index (χ0n) is 13.0. The first-order valence-corrected chi connectivity index (χ1v) is 8.82. The molecule has 1 unspecified atom stereocenters. The minimum atomic E-state index is -0.248. The fraction of sp³-hybridized carbons (Fsp3) is 0.882. The second-order valence-corrected chi connectivity index (χ2v) is 7.10. The standard InChI is InChI=1S/C17H28N2O2/c20-15-10-12-19(11-9-13-5-4-6-13)17(21)16(18-15)14-7-2-1-3-8-14/h13-14,16H,1-12H2,(H,18,20). The van der Waals surface area contributed by atoms with Gasteiger partial charge in [0.05, 0.1) is 0 Å². The Morgan fingerprint density at radius 3 is 2.43 bits per heavy atom. The Balaban J connectivity index is 1.62. The van der Waals surface area contributed by atoms with Gasteiger partial charge in [0.2, 0.25) is 11.8 Å². The monoisotopic (exact) mass is 292 g/mol. The van der Waals surface area contributed by atoms with Gasteiger partial charge in [-0.15, -0.1) is 0 Å². The van der Waals surface area contributed by atoms with Gasteiger partial charge in [0.25, 0.3) is 0 Å². The average Bonchev–Trinajstić information content (AvgIpc) is 2.59. The van der Waals surface area contributed by atoms with Gasteiger partial charge in [-0.1, -0.05) is 38.5 Å². The highest BCUT2D eigenvalue weighted by Gasteiger charge is 2.36. The number of carbonyl (C=O) groups excluding carboxylic acids is 2. The number of amides is 2. The Labute approximate surface area is 127 Å². The van der Waals surface area contributed by atoms with Gasteiger partial charge in [-0.05, 0) is 31.1 Å². The zero-order valence-corrected chi connectivity index (χ0v) is 13.0. The third-order valence-electron chi connectivity index (χ3n) is 5.66. The molecule has 21 heavy (non-hydrogen) atoms. The lowest BCUT2D eigenvalue weighted by Crippen LogP contribution is -2.49. The molecular formula is C17H28N2O2. The molecule has 4 nitrogen and oxygen atoms in total. The minimum absolute atomic E-state index is 0.0602. The second-order valence-electron chi connectivity index (χ2n) is 7.10. The smallest absolute Gasteiger partial charge is 0.245 e. The molecule has 1 heterocycles. The van der Waals surface area contributed by atoms with Crippen LogP contribution < -0.4 is 5.32 Å². The maximum Gasteiger partial charge on any atom is 0.245 e. The Bertz CT molecular complexity index is 386. The molecule has 0 spiro atoms. The van der Waals surface area contributed by atoms with E-state index in [2.05, 4.69) is 5.32 Å². The summed E-state index contributed by atoms with van der Waals surface area (Å²) < 4.78 is 0. The number of nitrogens with one attached hydrogen (secondary N) is 1. The van der Waals surface area contributed by atoms with Crippen LogP contribution in [0.3, 0.4) is 0 Å². The van der Waals surface area contributed by atoms with E-state index in [0.29, 0.717) is 18.9 Å². The Morgan fingerprint density at radius 1 is 1.00 bits per heavy atom. The Hall–Kier alpha value is -1.06. The van der Waals surface area contributed by atoms with Crippen molar-refractivity contribution in [1.29, 1.82) is 0 Å². The van der Waals surface area contributed by atoms with Crippen LogP contribution in [-0.2, 0) is 9.59 Å². The molecule has 118 valence electrons. The van der Waals surface area contributed by atoms with E-state index in [0.717, 1.165) is 31.7 Å². The molecule has 0 radical (unpaired) electrons. The fourth-order valence-corrected chi connectivity index (χ4v) is 3.98. The Kier molecular flexibility index (Phi) is 4.81. The summed E-state index contributed by atoms with van der Waals surface area (Å²) in [6.45, 7) is 1.46. The fourth-order valence-electron chi connectivity index (χ4n) is 3.98. The molecular weight excluding hydrogens is 264 g/mol. The largest absolute Gasteiger partial charge is 0.344 e. The van der Waals surface area contributed by atoms with Gasteiger partial charge >= 0.3 is 0 Å². The highest BCUT2D eigenvalue weighted by Crippen LogP contribution is 2.31. The van der Waals surface area contributed by atoms with Gasteiger partial charge in [0.15, 0.2) is 0 Å². The molecule has 0 aromatic carbocycles. The minimum Gasteiger partial charge on any atom is -0.344 e. The first-order valence-electron chi connectivity index (χ1n) is 8.82. The molecule has 3 fully saturated rings. The number of nitrogens with zero attached hydrogens (tertiary/aromatic N) is 1. The summed E-state index contributed by atoms with van der Waals surface area (Å²) in [4.78, 5) is 26.7. The zero-order chi connectivity index (χ0) is 14.7. The molecule has 2 aliphatic carbocycles. The maximum absolute atomic E-state index is 12.8. The van der Waals surface area contributed by atoms with Crippen LogP contribution in [0.4, 0.5) is 0 Å². The Morgan fingerprint density at radius 2 is 1.76 bits per heavy atom. The predicted molar refractivity (Wildman–Crippen MR) is 81.7 cm³/mol. The topological polar surface area (TPSA) is 49.4 Å². The van der Waals surface area contributed by atoms with E-state index in [-0.39, 0.29) is 17.9 Å². The molecule has 3 aliphatic rings. The number of hydrogen-bond acceptors (Lipinski definition) is 2. The van der Waals surface area contributed by atoms with Crippen LogP contribution in [0.5, 0.6) is 0 Å². The molecule has 0 bridgehead atoms. The lowest BCUT2D eigenvalue weighted by atomic mass is 9.82. The van der Waals surface area contributed by atoms with Gasteiger partial charge in [0, 0.05) is 19.5 Å². The molecule has 1 saturated heterocycles. The van der Waals surface area contributed by atoms with E-state index in [4.69, 9.17) is 0 Å². The maximum atomic E-state index is 12.8. The molecule has 1 aliphatic heterocycles. The highest BCUT2D eigenvalue weighted by atomic mass is 16.2. The van der Waals surface area contributed by atoms with Crippen LogP contribution in [0, 0.1) is 11.8 Å². The van der Waals surface area contributed by atoms with Crippen LogP contribution in [0.15, 0.2) is 0 Å². The molecule has 2 saturated carbocycles. The lowest BCUT2D eigenvalue weighted by molar-refractivity contribution is -0.135. The summed E-state index contributed by atoms with van der Waals surface area (Å²) in [7, 11) is 0. The van der Waals surface area contributed by atoms with E-state index >= 15 is 0 Å². The quantitative estimate of drug-likeness (QED) is 0.865. The van der Waals surface area contributed by atoms with E-state index in [1.54, 1.807) is 0 Å². The van der Waals surface area contributed by atoms with Crippen LogP contribution in [0.2, 0.25) is 0 Å². The van der Waals surface area contributed by atoms with Crippen molar-refractivity contribution in [3.63, 3.8) is 0 Å². The van der Waals surface area contributed by atoms with Crippen LogP contribution in [0.1, 0.15) is 64.2 Å². The SMILES string of the molecule is O=C1CCN(CCC2CCC2)C(=O)C(C2CCCCC2)N1. The van der Waals surface area contributed by atoms with E-state index in [9.17, 15) is 9.59 Å². The van der Waals surface area contributed by atoms with Crippen molar-refractivity contribution in [2.45, 2.75) is 70.3 Å². The first-order chi connectivity index (χ1) is 10.2. The van der Waals surface area contributed by atoms with Crippen molar-refractivity contribution in [1.82, 2.24) is 10.2 Å². The van der Waals surface area contributed by atoms with Gasteiger partial charge < -0.3 is 10.2 Å². The molecule has 1 N–H and O–H groups in total. The molecule has 2 amide bonds. The van der Waals surface area contributed by atoms with E-state index in [1.807, 2.05) is 4.90 Å². The van der Waals surface area contributed by atoms with Gasteiger partial charge in [-0.25, -0.2) is 0 Å². The van der Waals surface area contributed by atoms with Crippen LogP contribution in [0.25, 0.3) is 0 Å². The summed E-state index contributed by atoms with van der Waals surface area (Å²) in [6.07, 6.45) is 11.5. The predicted octanol–water partition coefficient (Wildman–Crippen LogP) is 2.47. The normalized spacial score (nSPS) is 29.0. The molecule has 1 atom stereocenters. The summed E-state index contributed by atoms with van der Waals surface area (Å²) in [5.41, 5.74) is 0. The average molecular weight is 292 g/mol. The van der Waals surface area contributed by atoms with Gasteiger partial charge in [-0.3, -0.25) is 9.59 Å². The molecule has 0 aromatic heterocycles. The molecule has 4 heteroatoms. The number of carbonyl (C=O) groups is 2. The van der Waals surface area contributed by atoms with Crippen molar-refractivity contribution in [3.8, 4) is 0 Å². The van der Waals surface area contributed by atoms with Crippen molar-refractivity contribution >= 4 is 11.8 Å². The highest BCUT2D eigenvalue weighted by molar-refractivity contribution is 5.90. The summed E-state index contributed by atoms with van der Waals surface area (Å²) >= 11 is 0.